The van der Waals surface area contributed by atoms with Gasteiger partial charge in [0.2, 0.25) is 0 Å². The van der Waals surface area contributed by atoms with Crippen molar-refractivity contribution in [2.75, 3.05) is 13.2 Å². The average molecular weight is 522 g/mol. The van der Waals surface area contributed by atoms with Gasteiger partial charge in [0.15, 0.2) is 0 Å². The van der Waals surface area contributed by atoms with Gasteiger partial charge in [0.05, 0.1) is 17.7 Å². The normalized spacial score (nSPS) is 14.5. The third-order valence-corrected chi connectivity index (χ3v) is 7.24. The van der Waals surface area contributed by atoms with Crippen molar-refractivity contribution in [1.82, 2.24) is 9.47 Å². The molecule has 2 aliphatic rings. The Hall–Kier alpha value is -4.77. The third-order valence-electron chi connectivity index (χ3n) is 7.24. The number of pyridine rings is 1. The van der Waals surface area contributed by atoms with E-state index in [2.05, 4.69) is 6.07 Å². The molecule has 39 heavy (non-hydrogen) atoms. The Morgan fingerprint density at radius 3 is 2.31 bits per heavy atom. The summed E-state index contributed by atoms with van der Waals surface area (Å²) < 4.78 is 21.7. The molecule has 7 nitrogen and oxygen atoms in total. The van der Waals surface area contributed by atoms with Crippen molar-refractivity contribution < 1.29 is 18.7 Å². The van der Waals surface area contributed by atoms with Gasteiger partial charge in [-0.15, -0.1) is 0 Å². The third kappa shape index (κ3) is 4.36. The SMILES string of the molecule is N#Cc1c(-c2cccc(F)c2)c2cc(OCCCCN3C(=O)c4ccccc4C3=O)ccc2c(=O)n1C1CC1. The van der Waals surface area contributed by atoms with Crippen molar-refractivity contribution in [3.8, 4) is 22.9 Å². The van der Waals surface area contributed by atoms with Crippen molar-refractivity contribution >= 4 is 22.6 Å². The summed E-state index contributed by atoms with van der Waals surface area (Å²) in [7, 11) is 0. The lowest BCUT2D eigenvalue weighted by Crippen LogP contribution is -2.30. The van der Waals surface area contributed by atoms with Crippen LogP contribution in [-0.4, -0.2) is 34.4 Å². The number of nitriles is 1. The molecule has 1 aromatic heterocycles. The molecule has 0 saturated heterocycles. The van der Waals surface area contributed by atoms with Crippen LogP contribution in [0.5, 0.6) is 5.75 Å². The molecule has 0 radical (unpaired) electrons. The fourth-order valence-corrected chi connectivity index (χ4v) is 5.22. The Labute approximate surface area is 223 Å². The van der Waals surface area contributed by atoms with Crippen molar-refractivity contribution in [1.29, 1.82) is 5.26 Å². The molecule has 2 amide bonds. The molecule has 1 saturated carbocycles. The lowest BCUT2D eigenvalue weighted by atomic mass is 9.96. The molecular weight excluding hydrogens is 497 g/mol. The van der Waals surface area contributed by atoms with Gasteiger partial charge in [-0.1, -0.05) is 24.3 Å². The van der Waals surface area contributed by atoms with Gasteiger partial charge in [0, 0.05) is 28.9 Å². The molecule has 4 aromatic rings. The summed E-state index contributed by atoms with van der Waals surface area (Å²) in [6, 6.07) is 20.1. The number of hydrogen-bond donors (Lipinski definition) is 0. The summed E-state index contributed by atoms with van der Waals surface area (Å²) in [5.74, 6) is -0.477. The highest BCUT2D eigenvalue weighted by Gasteiger charge is 2.34. The minimum atomic E-state index is -0.431. The highest BCUT2D eigenvalue weighted by molar-refractivity contribution is 6.21. The number of amides is 2. The van der Waals surface area contributed by atoms with Crippen molar-refractivity contribution in [3.05, 3.63) is 99.7 Å². The molecule has 0 atom stereocenters. The summed E-state index contributed by atoms with van der Waals surface area (Å²) >= 11 is 0. The van der Waals surface area contributed by atoms with Crippen LogP contribution in [0.3, 0.4) is 0 Å². The van der Waals surface area contributed by atoms with E-state index in [4.69, 9.17) is 4.74 Å². The van der Waals surface area contributed by atoms with E-state index in [1.54, 1.807) is 59.2 Å². The van der Waals surface area contributed by atoms with Crippen LogP contribution in [-0.2, 0) is 0 Å². The first-order chi connectivity index (χ1) is 19.0. The Bertz CT molecular complexity index is 1710. The molecule has 6 rings (SSSR count). The van der Waals surface area contributed by atoms with Crippen molar-refractivity contribution in [2.24, 2.45) is 0 Å². The minimum absolute atomic E-state index is 0.0260. The number of carbonyl (C=O) groups excluding carboxylic acids is 2. The van der Waals surface area contributed by atoms with Crippen molar-refractivity contribution in [2.45, 2.75) is 31.7 Å². The van der Waals surface area contributed by atoms with Gasteiger partial charge >= 0.3 is 0 Å². The van der Waals surface area contributed by atoms with Crippen LogP contribution in [0.1, 0.15) is 58.1 Å². The topological polar surface area (TPSA) is 92.4 Å². The van der Waals surface area contributed by atoms with E-state index in [9.17, 15) is 24.0 Å². The van der Waals surface area contributed by atoms with Crippen LogP contribution in [0.2, 0.25) is 0 Å². The van der Waals surface area contributed by atoms with Crippen LogP contribution in [0.15, 0.2) is 71.5 Å². The molecule has 0 unspecified atom stereocenters. The summed E-state index contributed by atoms with van der Waals surface area (Å²) in [6.07, 6.45) is 2.81. The first-order valence-corrected chi connectivity index (χ1v) is 12.9. The number of fused-ring (bicyclic) bond motifs is 2. The number of imide groups is 1. The zero-order valence-electron chi connectivity index (χ0n) is 21.0. The number of unbranched alkanes of at least 4 members (excludes halogenated alkanes) is 1. The van der Waals surface area contributed by atoms with E-state index in [0.29, 0.717) is 64.8 Å². The first-order valence-electron chi connectivity index (χ1n) is 12.9. The Morgan fingerprint density at radius 1 is 0.897 bits per heavy atom. The van der Waals surface area contributed by atoms with E-state index in [1.807, 2.05) is 0 Å². The lowest BCUT2D eigenvalue weighted by Gasteiger charge is -2.17. The lowest BCUT2D eigenvalue weighted by molar-refractivity contribution is 0.0649. The van der Waals surface area contributed by atoms with Gasteiger partial charge in [-0.05, 0) is 73.7 Å². The number of aromatic nitrogens is 1. The molecule has 0 N–H and O–H groups in total. The van der Waals surface area contributed by atoms with Crippen LogP contribution in [0.25, 0.3) is 21.9 Å². The van der Waals surface area contributed by atoms with E-state index < -0.39 is 5.82 Å². The van der Waals surface area contributed by atoms with E-state index in [1.165, 1.54) is 17.0 Å². The second kappa shape index (κ2) is 9.84. The van der Waals surface area contributed by atoms with Crippen LogP contribution in [0.4, 0.5) is 4.39 Å². The maximum atomic E-state index is 14.2. The Kier molecular flexibility index (Phi) is 6.20. The van der Waals surface area contributed by atoms with Gasteiger partial charge in [-0.2, -0.15) is 5.26 Å². The Balaban J connectivity index is 1.22. The highest BCUT2D eigenvalue weighted by Crippen LogP contribution is 2.40. The Morgan fingerprint density at radius 2 is 1.64 bits per heavy atom. The van der Waals surface area contributed by atoms with Crippen LogP contribution >= 0.6 is 0 Å². The number of ether oxygens (including phenoxy) is 1. The predicted octanol–water partition coefficient (Wildman–Crippen LogP) is 5.47. The number of rotatable bonds is 8. The van der Waals surface area contributed by atoms with Gasteiger partial charge in [0.1, 0.15) is 23.3 Å². The summed E-state index contributed by atoms with van der Waals surface area (Å²) in [5.41, 5.74) is 1.87. The molecule has 3 aromatic carbocycles. The predicted molar refractivity (Wildman–Crippen MR) is 143 cm³/mol. The fourth-order valence-electron chi connectivity index (χ4n) is 5.22. The molecule has 0 bridgehead atoms. The maximum Gasteiger partial charge on any atom is 0.261 e. The molecule has 1 fully saturated rings. The molecule has 194 valence electrons. The quantitative estimate of drug-likeness (QED) is 0.227. The standard InChI is InChI=1S/C31H24FN3O4/c32-20-7-5-6-19(16-20)28-26-17-22(12-13-25(26)31(38)35(21-10-11-21)27(28)18-33)39-15-4-3-14-34-29(36)23-8-1-2-9-24(23)30(34)37/h1-2,5-9,12-13,16-17,21H,3-4,10-11,14-15H2. The monoisotopic (exact) mass is 521 g/mol. The number of nitrogens with zero attached hydrogens (tertiary/aromatic N) is 3. The molecule has 0 spiro atoms. The van der Waals surface area contributed by atoms with Crippen LogP contribution < -0.4 is 10.3 Å². The van der Waals surface area contributed by atoms with E-state index in [0.717, 1.165) is 12.8 Å². The van der Waals surface area contributed by atoms with Gasteiger partial charge in [-0.25, -0.2) is 4.39 Å². The van der Waals surface area contributed by atoms with E-state index in [-0.39, 0.29) is 29.1 Å². The number of hydrogen-bond acceptors (Lipinski definition) is 5. The summed E-state index contributed by atoms with van der Waals surface area (Å²) in [6.45, 7) is 0.623. The van der Waals surface area contributed by atoms with Crippen molar-refractivity contribution in [3.63, 3.8) is 0 Å². The van der Waals surface area contributed by atoms with E-state index >= 15 is 0 Å². The van der Waals surface area contributed by atoms with Gasteiger partial charge < -0.3 is 4.74 Å². The highest BCUT2D eigenvalue weighted by atomic mass is 19.1. The minimum Gasteiger partial charge on any atom is -0.494 e. The maximum absolute atomic E-state index is 14.2. The zero-order chi connectivity index (χ0) is 27.1. The smallest absolute Gasteiger partial charge is 0.261 e. The summed E-state index contributed by atoms with van der Waals surface area (Å²) in [5, 5.41) is 11.0. The van der Waals surface area contributed by atoms with Gasteiger partial charge in [-0.3, -0.25) is 23.9 Å². The number of benzene rings is 3. The zero-order valence-corrected chi connectivity index (χ0v) is 21.0. The molecule has 1 aliphatic carbocycles. The largest absolute Gasteiger partial charge is 0.494 e. The number of halogens is 1. The molecule has 1 aliphatic heterocycles. The fraction of sp³-hybridized carbons (Fsp3) is 0.226. The summed E-state index contributed by atoms with van der Waals surface area (Å²) in [4.78, 5) is 39.7. The average Bonchev–Trinajstić information content (AvgIpc) is 3.75. The molecule has 2 heterocycles. The molecule has 8 heteroatoms. The van der Waals surface area contributed by atoms with Crippen LogP contribution in [0, 0.1) is 17.1 Å². The second-order valence-electron chi connectivity index (χ2n) is 9.82. The molecular formula is C31H24FN3O4. The van der Waals surface area contributed by atoms with Gasteiger partial charge in [0.25, 0.3) is 17.4 Å². The second-order valence-corrected chi connectivity index (χ2v) is 9.82. The first kappa shape index (κ1) is 24.6. The number of carbonyl (C=O) groups is 2.